The molecule has 0 saturated carbocycles. The molecule has 1 aliphatic heterocycles. The number of nitrogens with one attached hydrogen (secondary N) is 1. The van der Waals surface area contributed by atoms with E-state index in [-0.39, 0.29) is 31.1 Å². The van der Waals surface area contributed by atoms with Gasteiger partial charge in [-0.25, -0.2) is 4.79 Å². The number of carbonyl (C=O) groups is 2. The zero-order valence-electron chi connectivity index (χ0n) is 14.8. The number of halogens is 3. The molecule has 0 atom stereocenters. The van der Waals surface area contributed by atoms with Gasteiger partial charge in [-0.1, -0.05) is 0 Å². The van der Waals surface area contributed by atoms with Gasteiger partial charge in [-0.3, -0.25) is 9.89 Å². The molecule has 2 heterocycles. The van der Waals surface area contributed by atoms with Crippen LogP contribution in [0, 0.1) is 0 Å². The zero-order valence-corrected chi connectivity index (χ0v) is 14.8. The van der Waals surface area contributed by atoms with E-state index in [4.69, 9.17) is 9.47 Å². The summed E-state index contributed by atoms with van der Waals surface area (Å²) in [5.74, 6) is -0.207. The lowest BCUT2D eigenvalue weighted by atomic mass is 10.2. The molecule has 0 unspecified atom stereocenters. The third kappa shape index (κ3) is 4.81. The van der Waals surface area contributed by atoms with Gasteiger partial charge < -0.3 is 14.4 Å². The van der Waals surface area contributed by atoms with E-state index in [1.165, 1.54) is 0 Å². The average molecular weight is 397 g/mol. The smallest absolute Gasteiger partial charge is 0.433 e. The first-order chi connectivity index (χ1) is 13.3. The van der Waals surface area contributed by atoms with Crippen molar-refractivity contribution < 1.29 is 32.2 Å². The Kier molecular flexibility index (Phi) is 5.86. The maximum absolute atomic E-state index is 12.7. The molecule has 1 fully saturated rings. The van der Waals surface area contributed by atoms with Gasteiger partial charge in [-0.15, -0.1) is 0 Å². The SMILES string of the molecule is O=C(COc1ccc(N2CCCC2=O)cc1)OCCc1cn[nH]c1C(F)(F)F. The normalized spacial score (nSPS) is 14.4. The molecule has 1 saturated heterocycles. The van der Waals surface area contributed by atoms with Crippen molar-refractivity contribution in [3.63, 3.8) is 0 Å². The fourth-order valence-corrected chi connectivity index (χ4v) is 2.85. The van der Waals surface area contributed by atoms with Crippen molar-refractivity contribution in [2.24, 2.45) is 0 Å². The number of ether oxygens (including phenoxy) is 2. The molecule has 2 aromatic rings. The van der Waals surface area contributed by atoms with Gasteiger partial charge in [-0.05, 0) is 30.7 Å². The van der Waals surface area contributed by atoms with Crippen LogP contribution in [0.5, 0.6) is 5.75 Å². The third-order valence-corrected chi connectivity index (χ3v) is 4.21. The van der Waals surface area contributed by atoms with Crippen molar-refractivity contribution in [2.75, 3.05) is 24.7 Å². The maximum atomic E-state index is 12.7. The number of nitrogens with zero attached hydrogens (tertiary/aromatic N) is 2. The first-order valence-corrected chi connectivity index (χ1v) is 8.63. The highest BCUT2D eigenvalue weighted by Gasteiger charge is 2.35. The molecule has 1 amide bonds. The van der Waals surface area contributed by atoms with Crippen molar-refractivity contribution in [3.8, 4) is 5.75 Å². The van der Waals surface area contributed by atoms with Crippen LogP contribution in [-0.2, 0) is 26.9 Å². The molecular weight excluding hydrogens is 379 g/mol. The quantitative estimate of drug-likeness (QED) is 0.727. The summed E-state index contributed by atoms with van der Waals surface area (Å²) in [7, 11) is 0. The Morgan fingerprint density at radius 3 is 2.64 bits per heavy atom. The molecule has 150 valence electrons. The molecule has 10 heteroatoms. The Labute approximate surface area is 158 Å². The topological polar surface area (TPSA) is 84.5 Å². The van der Waals surface area contributed by atoms with Gasteiger partial charge >= 0.3 is 12.1 Å². The number of hydrogen-bond acceptors (Lipinski definition) is 5. The monoisotopic (exact) mass is 397 g/mol. The van der Waals surface area contributed by atoms with E-state index in [1.54, 1.807) is 29.2 Å². The van der Waals surface area contributed by atoms with Gasteiger partial charge in [0.1, 0.15) is 11.4 Å². The summed E-state index contributed by atoms with van der Waals surface area (Å²) >= 11 is 0. The van der Waals surface area contributed by atoms with Gasteiger partial charge in [0.05, 0.1) is 12.8 Å². The van der Waals surface area contributed by atoms with Gasteiger partial charge in [0.15, 0.2) is 6.61 Å². The molecule has 1 aromatic heterocycles. The highest BCUT2D eigenvalue weighted by atomic mass is 19.4. The Bertz CT molecular complexity index is 833. The summed E-state index contributed by atoms with van der Waals surface area (Å²) in [6.07, 6.45) is -2.24. The van der Waals surface area contributed by atoms with Crippen molar-refractivity contribution in [3.05, 3.63) is 41.7 Å². The average Bonchev–Trinajstić information content (AvgIpc) is 3.29. The van der Waals surface area contributed by atoms with E-state index < -0.39 is 17.8 Å². The molecular formula is C18H18F3N3O4. The number of carbonyl (C=O) groups excluding carboxylic acids is 2. The van der Waals surface area contributed by atoms with Crippen LogP contribution in [-0.4, -0.2) is 41.8 Å². The van der Waals surface area contributed by atoms with Crippen molar-refractivity contribution in [2.45, 2.75) is 25.4 Å². The predicted molar refractivity (Wildman–Crippen MR) is 91.8 cm³/mol. The lowest BCUT2D eigenvalue weighted by Crippen LogP contribution is -2.23. The van der Waals surface area contributed by atoms with Crippen LogP contribution in [0.1, 0.15) is 24.1 Å². The second-order valence-corrected chi connectivity index (χ2v) is 6.17. The molecule has 1 aromatic carbocycles. The number of hydrogen-bond donors (Lipinski definition) is 1. The van der Waals surface area contributed by atoms with E-state index in [2.05, 4.69) is 5.10 Å². The minimum absolute atomic E-state index is 0.0727. The number of rotatable bonds is 7. The molecule has 1 N–H and O–H groups in total. The van der Waals surface area contributed by atoms with E-state index in [1.807, 2.05) is 5.10 Å². The number of amides is 1. The van der Waals surface area contributed by atoms with Gasteiger partial charge in [0.25, 0.3) is 0 Å². The van der Waals surface area contributed by atoms with E-state index in [9.17, 15) is 22.8 Å². The highest BCUT2D eigenvalue weighted by molar-refractivity contribution is 5.95. The van der Waals surface area contributed by atoms with Crippen LogP contribution in [0.15, 0.2) is 30.5 Å². The highest BCUT2D eigenvalue weighted by Crippen LogP contribution is 2.30. The number of aromatic amines is 1. The van der Waals surface area contributed by atoms with Crippen LogP contribution in [0.2, 0.25) is 0 Å². The second-order valence-electron chi connectivity index (χ2n) is 6.17. The third-order valence-electron chi connectivity index (χ3n) is 4.21. The zero-order chi connectivity index (χ0) is 20.1. The Balaban J connectivity index is 1.42. The van der Waals surface area contributed by atoms with E-state index >= 15 is 0 Å². The molecule has 0 aliphatic carbocycles. The van der Waals surface area contributed by atoms with Gasteiger partial charge in [-0.2, -0.15) is 18.3 Å². The number of anilines is 1. The minimum Gasteiger partial charge on any atom is -0.482 e. The summed E-state index contributed by atoms with van der Waals surface area (Å²) in [6.45, 7) is 0.0817. The molecule has 7 nitrogen and oxygen atoms in total. The number of aromatic nitrogens is 2. The molecule has 0 spiro atoms. The van der Waals surface area contributed by atoms with Gasteiger partial charge in [0, 0.05) is 30.6 Å². The van der Waals surface area contributed by atoms with Crippen molar-refractivity contribution >= 4 is 17.6 Å². The number of benzene rings is 1. The van der Waals surface area contributed by atoms with Crippen LogP contribution in [0.3, 0.4) is 0 Å². The Hall–Kier alpha value is -3.04. The Morgan fingerprint density at radius 1 is 1.25 bits per heavy atom. The minimum atomic E-state index is -4.54. The van der Waals surface area contributed by atoms with Crippen LogP contribution >= 0.6 is 0 Å². The number of esters is 1. The second kappa shape index (κ2) is 8.32. The largest absolute Gasteiger partial charge is 0.482 e. The standard InChI is InChI=1S/C18H18F3N3O4/c19-18(20,21)17-12(10-22-23-17)7-9-27-16(26)11-28-14-5-3-13(4-6-14)24-8-1-2-15(24)25/h3-6,10H,1-2,7-9,11H2,(H,22,23). The Morgan fingerprint density at radius 2 is 2.00 bits per heavy atom. The predicted octanol–water partition coefficient (Wildman–Crippen LogP) is 2.72. The van der Waals surface area contributed by atoms with Gasteiger partial charge in [0.2, 0.25) is 5.91 Å². The summed E-state index contributed by atoms with van der Waals surface area (Å²) in [6, 6.07) is 6.72. The fourth-order valence-electron chi connectivity index (χ4n) is 2.85. The summed E-state index contributed by atoms with van der Waals surface area (Å²) in [4.78, 5) is 25.1. The molecule has 0 radical (unpaired) electrons. The van der Waals surface area contributed by atoms with Crippen LogP contribution in [0.4, 0.5) is 18.9 Å². The van der Waals surface area contributed by atoms with E-state index in [0.29, 0.717) is 18.7 Å². The van der Waals surface area contributed by atoms with Crippen LogP contribution in [0.25, 0.3) is 0 Å². The summed E-state index contributed by atoms with van der Waals surface area (Å²) in [5.41, 5.74) is -0.261. The summed E-state index contributed by atoms with van der Waals surface area (Å²) in [5, 5.41) is 5.26. The lowest BCUT2D eigenvalue weighted by Gasteiger charge is -2.16. The van der Waals surface area contributed by atoms with Crippen molar-refractivity contribution in [1.82, 2.24) is 10.2 Å². The fraction of sp³-hybridized carbons (Fsp3) is 0.389. The first-order valence-electron chi connectivity index (χ1n) is 8.63. The molecule has 3 rings (SSSR count). The lowest BCUT2D eigenvalue weighted by molar-refractivity contribution is -0.146. The van der Waals surface area contributed by atoms with E-state index in [0.717, 1.165) is 18.3 Å². The van der Waals surface area contributed by atoms with Crippen LogP contribution < -0.4 is 9.64 Å². The molecule has 28 heavy (non-hydrogen) atoms. The van der Waals surface area contributed by atoms with Crippen molar-refractivity contribution in [1.29, 1.82) is 0 Å². The number of H-pyrrole nitrogens is 1. The maximum Gasteiger partial charge on any atom is 0.433 e. The molecule has 1 aliphatic rings. The molecule has 0 bridgehead atoms. The first kappa shape index (κ1) is 19.7. The number of alkyl halides is 3. The summed E-state index contributed by atoms with van der Waals surface area (Å²) < 4.78 is 48.3.